The molecular formula is C21H26F2N4O2. The molecule has 2 aliphatic carbocycles. The fourth-order valence-electron chi connectivity index (χ4n) is 4.26. The van der Waals surface area contributed by atoms with Crippen LogP contribution in [-0.2, 0) is 17.1 Å². The van der Waals surface area contributed by atoms with Crippen LogP contribution in [0.15, 0.2) is 24.3 Å². The van der Waals surface area contributed by atoms with Gasteiger partial charge in [-0.1, -0.05) is 12.1 Å². The van der Waals surface area contributed by atoms with Gasteiger partial charge in [-0.2, -0.15) is 5.10 Å². The van der Waals surface area contributed by atoms with E-state index >= 15 is 0 Å². The van der Waals surface area contributed by atoms with E-state index in [0.29, 0.717) is 29.9 Å². The number of aromatic amines is 1. The number of hydrogen-bond donors (Lipinski definition) is 3. The summed E-state index contributed by atoms with van der Waals surface area (Å²) in [6.07, 6.45) is 2.09. The smallest absolute Gasteiger partial charge is 0.407 e. The number of halogens is 2. The van der Waals surface area contributed by atoms with Crippen molar-refractivity contribution in [2.75, 3.05) is 5.32 Å². The molecule has 0 aliphatic heterocycles. The van der Waals surface area contributed by atoms with Crippen molar-refractivity contribution in [3.05, 3.63) is 41.1 Å². The largest absolute Gasteiger partial charge is 0.446 e. The topological polar surface area (TPSA) is 79.0 Å². The minimum Gasteiger partial charge on any atom is -0.446 e. The Morgan fingerprint density at radius 1 is 1.34 bits per heavy atom. The van der Waals surface area contributed by atoms with Crippen LogP contribution in [-0.4, -0.2) is 28.4 Å². The molecule has 1 heterocycles. The molecule has 1 fully saturated rings. The maximum Gasteiger partial charge on any atom is 0.407 e. The molecule has 0 radical (unpaired) electrons. The molecule has 29 heavy (non-hydrogen) atoms. The van der Waals surface area contributed by atoms with Gasteiger partial charge in [0, 0.05) is 41.4 Å². The summed E-state index contributed by atoms with van der Waals surface area (Å²) in [5.74, 6) is -2.11. The van der Waals surface area contributed by atoms with Gasteiger partial charge in [-0.25, -0.2) is 13.6 Å². The first-order chi connectivity index (χ1) is 13.8. The van der Waals surface area contributed by atoms with Crippen molar-refractivity contribution in [1.29, 1.82) is 0 Å². The van der Waals surface area contributed by atoms with Crippen LogP contribution >= 0.6 is 0 Å². The molecule has 4 rings (SSSR count). The van der Waals surface area contributed by atoms with Gasteiger partial charge < -0.3 is 15.4 Å². The number of carbonyl (C=O) groups is 1. The Hall–Kier alpha value is -2.64. The molecule has 1 saturated carbocycles. The molecular weight excluding hydrogens is 378 g/mol. The standard InChI is InChI=1S/C21H26F2N4O2/c1-12(2)24-20(28)29-15-7-6-14(10-15)17-11-18(27-26-17)25-16-5-3-4-13-8-9-21(22,23)19(13)16/h3-5,11-12,14-15H,6-10H2,1-2H3,(H,24,28)(H2,25,26,27)/t14-,15+/m0/s1. The zero-order chi connectivity index (χ0) is 20.6. The molecule has 1 aromatic carbocycles. The fourth-order valence-corrected chi connectivity index (χ4v) is 4.26. The Kier molecular flexibility index (Phi) is 5.19. The van der Waals surface area contributed by atoms with Crippen molar-refractivity contribution >= 4 is 17.6 Å². The van der Waals surface area contributed by atoms with Crippen LogP contribution in [0.5, 0.6) is 0 Å². The number of nitrogens with one attached hydrogen (secondary N) is 3. The van der Waals surface area contributed by atoms with Crippen molar-refractivity contribution in [2.24, 2.45) is 0 Å². The number of anilines is 2. The number of fused-ring (bicyclic) bond motifs is 1. The number of amides is 1. The quantitative estimate of drug-likeness (QED) is 0.658. The van der Waals surface area contributed by atoms with E-state index < -0.39 is 12.0 Å². The predicted octanol–water partition coefficient (Wildman–Crippen LogP) is 4.96. The molecule has 0 spiro atoms. The summed E-state index contributed by atoms with van der Waals surface area (Å²) in [7, 11) is 0. The lowest BCUT2D eigenvalue weighted by atomic mass is 10.0. The molecule has 1 aromatic heterocycles. The number of alkyl halides is 2. The molecule has 8 heteroatoms. The van der Waals surface area contributed by atoms with Crippen LogP contribution in [0.2, 0.25) is 0 Å². The Labute approximate surface area is 168 Å². The first-order valence-corrected chi connectivity index (χ1v) is 10.1. The molecule has 2 aliphatic rings. The normalized spacial score (nSPS) is 22.5. The van der Waals surface area contributed by atoms with E-state index in [-0.39, 0.29) is 30.0 Å². The molecule has 0 saturated heterocycles. The summed E-state index contributed by atoms with van der Waals surface area (Å²) in [6.45, 7) is 3.77. The molecule has 0 bridgehead atoms. The number of carbonyl (C=O) groups excluding carboxylic acids is 1. The zero-order valence-corrected chi connectivity index (χ0v) is 16.6. The maximum absolute atomic E-state index is 14.3. The number of aryl methyl sites for hydroxylation is 1. The summed E-state index contributed by atoms with van der Waals surface area (Å²) in [5, 5.41) is 13.0. The molecule has 2 aromatic rings. The van der Waals surface area contributed by atoms with Crippen molar-refractivity contribution in [3.8, 4) is 0 Å². The average molecular weight is 404 g/mol. The van der Waals surface area contributed by atoms with E-state index in [9.17, 15) is 13.6 Å². The number of alkyl carbamates (subject to hydrolysis) is 1. The van der Waals surface area contributed by atoms with Crippen LogP contribution in [0.1, 0.15) is 62.3 Å². The Bertz CT molecular complexity index is 897. The minimum atomic E-state index is -2.81. The number of hydrogen-bond acceptors (Lipinski definition) is 4. The van der Waals surface area contributed by atoms with Gasteiger partial charge in [-0.3, -0.25) is 5.10 Å². The van der Waals surface area contributed by atoms with E-state index in [2.05, 4.69) is 20.8 Å². The van der Waals surface area contributed by atoms with E-state index in [1.54, 1.807) is 18.2 Å². The summed E-state index contributed by atoms with van der Waals surface area (Å²) in [5.41, 5.74) is 2.09. The first-order valence-electron chi connectivity index (χ1n) is 10.1. The van der Waals surface area contributed by atoms with E-state index in [1.165, 1.54) is 0 Å². The van der Waals surface area contributed by atoms with Crippen LogP contribution in [0, 0.1) is 0 Å². The van der Waals surface area contributed by atoms with Crippen molar-refractivity contribution in [2.45, 2.75) is 69.9 Å². The fraction of sp³-hybridized carbons (Fsp3) is 0.524. The Morgan fingerprint density at radius 2 is 2.17 bits per heavy atom. The Morgan fingerprint density at radius 3 is 2.97 bits per heavy atom. The van der Waals surface area contributed by atoms with Crippen molar-refractivity contribution in [1.82, 2.24) is 15.5 Å². The van der Waals surface area contributed by atoms with E-state index in [4.69, 9.17) is 4.74 Å². The number of ether oxygens (including phenoxy) is 1. The second kappa shape index (κ2) is 7.65. The van der Waals surface area contributed by atoms with Gasteiger partial charge in [0.2, 0.25) is 0 Å². The van der Waals surface area contributed by atoms with Gasteiger partial charge in [-0.15, -0.1) is 0 Å². The van der Waals surface area contributed by atoms with Gasteiger partial charge in [0.1, 0.15) is 6.10 Å². The van der Waals surface area contributed by atoms with Crippen LogP contribution in [0.3, 0.4) is 0 Å². The third kappa shape index (κ3) is 4.21. The lowest BCUT2D eigenvalue weighted by Crippen LogP contribution is -2.33. The second-order valence-electron chi connectivity index (χ2n) is 8.21. The molecule has 0 unspecified atom stereocenters. The van der Waals surface area contributed by atoms with Crippen molar-refractivity contribution < 1.29 is 18.3 Å². The predicted molar refractivity (Wildman–Crippen MR) is 106 cm³/mol. The number of aromatic nitrogens is 2. The van der Waals surface area contributed by atoms with Gasteiger partial charge in [0.25, 0.3) is 5.92 Å². The van der Waals surface area contributed by atoms with E-state index in [1.807, 2.05) is 19.9 Å². The summed E-state index contributed by atoms with van der Waals surface area (Å²) in [6, 6.07) is 7.10. The monoisotopic (exact) mass is 404 g/mol. The molecule has 156 valence electrons. The molecule has 1 amide bonds. The molecule has 3 N–H and O–H groups in total. The highest BCUT2D eigenvalue weighted by Crippen LogP contribution is 2.46. The van der Waals surface area contributed by atoms with Gasteiger partial charge >= 0.3 is 6.09 Å². The number of nitrogens with zero attached hydrogens (tertiary/aromatic N) is 1. The summed E-state index contributed by atoms with van der Waals surface area (Å²) < 4.78 is 34.0. The first kappa shape index (κ1) is 19.7. The van der Waals surface area contributed by atoms with Crippen LogP contribution < -0.4 is 10.6 Å². The van der Waals surface area contributed by atoms with Gasteiger partial charge in [0.05, 0.1) is 0 Å². The third-order valence-electron chi connectivity index (χ3n) is 5.59. The SMILES string of the molecule is CC(C)NC(=O)O[C@@H]1CC[C@H](c2cc(Nc3cccc4c3C(F)(F)CC4)n[nH]2)C1. The lowest BCUT2D eigenvalue weighted by molar-refractivity contribution is -0.00114. The molecule has 2 atom stereocenters. The highest BCUT2D eigenvalue weighted by molar-refractivity contribution is 5.67. The van der Waals surface area contributed by atoms with Crippen LogP contribution in [0.4, 0.5) is 25.1 Å². The van der Waals surface area contributed by atoms with E-state index in [0.717, 1.165) is 18.5 Å². The maximum atomic E-state index is 14.3. The molecule has 6 nitrogen and oxygen atoms in total. The highest BCUT2D eigenvalue weighted by atomic mass is 19.3. The summed E-state index contributed by atoms with van der Waals surface area (Å²) >= 11 is 0. The number of H-pyrrole nitrogens is 1. The second-order valence-corrected chi connectivity index (χ2v) is 8.21. The third-order valence-corrected chi connectivity index (χ3v) is 5.59. The Balaban J connectivity index is 1.41. The average Bonchev–Trinajstić information content (AvgIpc) is 3.34. The summed E-state index contributed by atoms with van der Waals surface area (Å²) in [4.78, 5) is 11.8. The van der Waals surface area contributed by atoms with Gasteiger partial charge in [-0.05, 0) is 51.2 Å². The zero-order valence-electron chi connectivity index (χ0n) is 16.6. The number of rotatable bonds is 5. The lowest BCUT2D eigenvalue weighted by Gasteiger charge is -2.15. The van der Waals surface area contributed by atoms with Crippen LogP contribution in [0.25, 0.3) is 0 Å². The van der Waals surface area contributed by atoms with Crippen molar-refractivity contribution in [3.63, 3.8) is 0 Å². The minimum absolute atomic E-state index is 0.0350. The number of benzene rings is 1. The highest BCUT2D eigenvalue weighted by Gasteiger charge is 2.41. The van der Waals surface area contributed by atoms with Gasteiger partial charge in [0.15, 0.2) is 5.82 Å².